The second-order valence-corrected chi connectivity index (χ2v) is 6.86. The van der Waals surface area contributed by atoms with Crippen LogP contribution in [0.4, 0.5) is 0 Å². The van der Waals surface area contributed by atoms with Crippen LogP contribution in [0.3, 0.4) is 0 Å². The molecule has 2 rings (SSSR count). The van der Waals surface area contributed by atoms with Gasteiger partial charge >= 0.3 is 0 Å². The summed E-state index contributed by atoms with van der Waals surface area (Å²) < 4.78 is 9.22. The highest BCUT2D eigenvalue weighted by Crippen LogP contribution is 2.18. The lowest BCUT2D eigenvalue weighted by Gasteiger charge is -2.15. The predicted octanol–water partition coefficient (Wildman–Crippen LogP) is 3.69. The van der Waals surface area contributed by atoms with Gasteiger partial charge in [0.25, 0.3) is 5.56 Å². The smallest absolute Gasteiger partial charge is 0.271 e. The molecule has 0 aliphatic heterocycles. The van der Waals surface area contributed by atoms with Gasteiger partial charge in [-0.15, -0.1) is 6.58 Å². The number of ether oxygens (including phenoxy) is 1. The fourth-order valence-corrected chi connectivity index (χ4v) is 3.23. The Morgan fingerprint density at radius 1 is 1.29 bits per heavy atom. The normalized spacial score (nSPS) is 10.5. The molecule has 2 heterocycles. The summed E-state index contributed by atoms with van der Waals surface area (Å²) in [4.78, 5) is 25.3. The molecular formula is C22H27N3O3. The highest BCUT2D eigenvalue weighted by Gasteiger charge is 2.18. The number of ketones is 1. The summed E-state index contributed by atoms with van der Waals surface area (Å²) in [6.45, 7) is 12.2. The molecule has 6 nitrogen and oxygen atoms in total. The Morgan fingerprint density at radius 2 is 2.00 bits per heavy atom. The minimum Gasteiger partial charge on any atom is -0.470 e. The first-order valence-corrected chi connectivity index (χ1v) is 9.43. The highest BCUT2D eigenvalue weighted by atomic mass is 16.5. The number of hydrogen-bond acceptors (Lipinski definition) is 4. The van der Waals surface area contributed by atoms with Gasteiger partial charge in [-0.25, -0.2) is 0 Å². The van der Waals surface area contributed by atoms with E-state index in [1.807, 2.05) is 37.5 Å². The number of nitrogens with zero attached hydrogens (tertiary/aromatic N) is 3. The number of carbonyl (C=O) groups is 1. The van der Waals surface area contributed by atoms with Gasteiger partial charge in [0.05, 0.1) is 0 Å². The molecular weight excluding hydrogens is 354 g/mol. The van der Waals surface area contributed by atoms with Crippen LogP contribution in [0.5, 0.6) is 5.88 Å². The Labute approximate surface area is 165 Å². The van der Waals surface area contributed by atoms with Crippen LogP contribution in [0.2, 0.25) is 0 Å². The maximum atomic E-state index is 12.7. The lowest BCUT2D eigenvalue weighted by atomic mass is 10.1. The van der Waals surface area contributed by atoms with Gasteiger partial charge in [-0.2, -0.15) is 5.26 Å². The number of hydrogen-bond donors (Lipinski definition) is 0. The molecule has 0 N–H and O–H groups in total. The zero-order valence-electron chi connectivity index (χ0n) is 17.0. The molecule has 0 saturated carbocycles. The summed E-state index contributed by atoms with van der Waals surface area (Å²) in [7, 11) is 0. The summed E-state index contributed by atoms with van der Waals surface area (Å²) in [6.07, 6.45) is 3.47. The van der Waals surface area contributed by atoms with Crippen LogP contribution in [0.25, 0.3) is 0 Å². The number of aromatic nitrogens is 2. The topological polar surface area (TPSA) is 77.0 Å². The van der Waals surface area contributed by atoms with Crippen LogP contribution in [0.15, 0.2) is 29.6 Å². The van der Waals surface area contributed by atoms with E-state index in [9.17, 15) is 14.9 Å². The molecule has 0 radical (unpaired) electrons. The maximum Gasteiger partial charge on any atom is 0.271 e. The van der Waals surface area contributed by atoms with Crippen LogP contribution >= 0.6 is 0 Å². The van der Waals surface area contributed by atoms with Crippen LogP contribution < -0.4 is 10.3 Å². The molecule has 148 valence electrons. The molecule has 0 spiro atoms. The quantitative estimate of drug-likeness (QED) is 0.490. The van der Waals surface area contributed by atoms with Gasteiger partial charge in [0.2, 0.25) is 5.78 Å². The molecule has 0 saturated heterocycles. The third-order valence-corrected chi connectivity index (χ3v) is 4.84. The van der Waals surface area contributed by atoms with Crippen LogP contribution in [-0.4, -0.2) is 21.5 Å². The first-order valence-electron chi connectivity index (χ1n) is 9.43. The second-order valence-electron chi connectivity index (χ2n) is 6.86. The Bertz CT molecular complexity index is 990. The van der Waals surface area contributed by atoms with Crippen LogP contribution in [0.1, 0.15) is 52.6 Å². The van der Waals surface area contributed by atoms with E-state index in [2.05, 4.69) is 6.58 Å². The second kappa shape index (κ2) is 9.23. The van der Waals surface area contributed by atoms with E-state index in [0.29, 0.717) is 30.1 Å². The fourth-order valence-electron chi connectivity index (χ4n) is 3.23. The molecule has 0 unspecified atom stereocenters. The van der Waals surface area contributed by atoms with Crippen molar-refractivity contribution in [3.63, 3.8) is 0 Å². The zero-order valence-corrected chi connectivity index (χ0v) is 17.0. The third kappa shape index (κ3) is 4.25. The number of unbranched alkanes of at least 4 members (excludes halogenated alkanes) is 1. The Hall–Kier alpha value is -3.07. The molecule has 0 aliphatic rings. The molecule has 6 heteroatoms. The van der Waals surface area contributed by atoms with E-state index in [-0.39, 0.29) is 23.5 Å². The number of carbonyl (C=O) groups excluding carboxylic acids is 1. The molecule has 0 fully saturated rings. The number of pyridine rings is 1. The standard InChI is InChI=1S/C22H27N3O3/c1-6-8-10-25-21(11-15(3)19(13-23)22(25)27)28-14-20(26)18-12-16(4)24(9-7-2)17(18)5/h7,11-12H,2,6,8-10,14H2,1,3-5H3. The van der Waals surface area contributed by atoms with Gasteiger partial charge in [0, 0.05) is 36.1 Å². The SMILES string of the molecule is C=CCn1c(C)cc(C(=O)COc2cc(C)c(C#N)c(=O)n2CCCC)c1C. The summed E-state index contributed by atoms with van der Waals surface area (Å²) in [6, 6.07) is 5.46. The predicted molar refractivity (Wildman–Crippen MR) is 109 cm³/mol. The largest absolute Gasteiger partial charge is 0.470 e. The minimum absolute atomic E-state index is 0.114. The molecule has 0 bridgehead atoms. The number of nitriles is 1. The number of rotatable bonds is 9. The van der Waals surface area contributed by atoms with Gasteiger partial charge < -0.3 is 9.30 Å². The molecule has 28 heavy (non-hydrogen) atoms. The maximum absolute atomic E-state index is 12.7. The van der Waals surface area contributed by atoms with Gasteiger partial charge in [-0.3, -0.25) is 14.2 Å². The van der Waals surface area contributed by atoms with Gasteiger partial charge in [0.1, 0.15) is 11.6 Å². The summed E-state index contributed by atoms with van der Waals surface area (Å²) >= 11 is 0. The van der Waals surface area contributed by atoms with Crippen molar-refractivity contribution < 1.29 is 9.53 Å². The van der Waals surface area contributed by atoms with Crippen molar-refractivity contribution in [3.8, 4) is 11.9 Å². The van der Waals surface area contributed by atoms with Crippen molar-refractivity contribution in [2.24, 2.45) is 0 Å². The van der Waals surface area contributed by atoms with E-state index in [1.165, 1.54) is 4.57 Å². The average Bonchev–Trinajstić information content (AvgIpc) is 2.94. The Balaban J connectivity index is 2.30. The molecule has 0 amide bonds. The van der Waals surface area contributed by atoms with Crippen LogP contribution in [-0.2, 0) is 13.1 Å². The van der Waals surface area contributed by atoms with E-state index in [4.69, 9.17) is 4.74 Å². The first-order chi connectivity index (χ1) is 13.3. The van der Waals surface area contributed by atoms with Gasteiger partial charge in [-0.1, -0.05) is 19.4 Å². The first kappa shape index (κ1) is 21.2. The lowest BCUT2D eigenvalue weighted by Crippen LogP contribution is -2.26. The fraction of sp³-hybridized carbons (Fsp3) is 0.409. The molecule has 0 aromatic carbocycles. The molecule has 0 atom stereocenters. The summed E-state index contributed by atoms with van der Waals surface area (Å²) in [5, 5.41) is 9.24. The summed E-state index contributed by atoms with van der Waals surface area (Å²) in [5.41, 5.74) is 2.74. The van der Waals surface area contributed by atoms with E-state index in [1.54, 1.807) is 19.1 Å². The van der Waals surface area contributed by atoms with Gasteiger partial charge in [0.15, 0.2) is 12.5 Å². The molecule has 2 aromatic rings. The average molecular weight is 381 g/mol. The van der Waals surface area contributed by atoms with Crippen molar-refractivity contribution in [1.29, 1.82) is 5.26 Å². The monoisotopic (exact) mass is 381 g/mol. The summed E-state index contributed by atoms with van der Waals surface area (Å²) in [5.74, 6) is 0.170. The number of allylic oxidation sites excluding steroid dienone is 1. The molecule has 2 aromatic heterocycles. The minimum atomic E-state index is -0.373. The highest BCUT2D eigenvalue weighted by molar-refractivity contribution is 5.98. The Morgan fingerprint density at radius 3 is 2.61 bits per heavy atom. The number of aryl methyl sites for hydroxylation is 2. The van der Waals surface area contributed by atoms with E-state index in [0.717, 1.165) is 24.2 Å². The van der Waals surface area contributed by atoms with Gasteiger partial charge in [-0.05, 0) is 38.8 Å². The van der Waals surface area contributed by atoms with Crippen molar-refractivity contribution in [2.75, 3.05) is 6.61 Å². The van der Waals surface area contributed by atoms with Crippen molar-refractivity contribution in [3.05, 3.63) is 63.2 Å². The zero-order chi connectivity index (χ0) is 20.8. The Kier molecular flexibility index (Phi) is 7.00. The van der Waals surface area contributed by atoms with Crippen molar-refractivity contribution in [2.45, 2.75) is 53.6 Å². The van der Waals surface area contributed by atoms with Crippen molar-refractivity contribution >= 4 is 5.78 Å². The third-order valence-electron chi connectivity index (χ3n) is 4.84. The van der Waals surface area contributed by atoms with E-state index < -0.39 is 0 Å². The lowest BCUT2D eigenvalue weighted by molar-refractivity contribution is 0.0913. The number of Topliss-reactive ketones (excluding diaryl/α,β-unsaturated/α-hetero) is 1. The van der Waals surface area contributed by atoms with Crippen LogP contribution in [0, 0.1) is 32.1 Å². The van der Waals surface area contributed by atoms with E-state index >= 15 is 0 Å². The van der Waals surface area contributed by atoms with Crippen molar-refractivity contribution in [1.82, 2.24) is 9.13 Å². The molecule has 0 aliphatic carbocycles.